The van der Waals surface area contributed by atoms with Gasteiger partial charge in [-0.15, -0.1) is 5.11 Å². The maximum atomic E-state index is 4.33. The van der Waals surface area contributed by atoms with Gasteiger partial charge in [-0.2, -0.15) is 15.3 Å². The third kappa shape index (κ3) is 16.0. The van der Waals surface area contributed by atoms with Crippen molar-refractivity contribution >= 4 is 46.0 Å². The summed E-state index contributed by atoms with van der Waals surface area (Å²) in [6.07, 6.45) is 7.72. The normalized spacial score (nSPS) is 10.4. The molecule has 0 aliphatic rings. The van der Waals surface area contributed by atoms with E-state index >= 15 is 0 Å². The Morgan fingerprint density at radius 3 is 0.964 bits per heavy atom. The predicted molar refractivity (Wildman–Crippen MR) is 231 cm³/mol. The van der Waals surface area contributed by atoms with Crippen LogP contribution in [0.3, 0.4) is 0 Å². The predicted octanol–water partition coefficient (Wildman–Crippen LogP) is 14.1. The fourth-order valence-corrected chi connectivity index (χ4v) is 4.32. The Bertz CT molecular complexity index is 2030. The lowest BCUT2D eigenvalue weighted by Gasteiger charge is -1.97. The number of benzene rings is 4. The zero-order valence-corrected chi connectivity index (χ0v) is 35.9. The van der Waals surface area contributed by atoms with Gasteiger partial charge in [0, 0.05) is 10.2 Å². The summed E-state index contributed by atoms with van der Waals surface area (Å²) in [5, 5.41) is 34.2. The van der Waals surface area contributed by atoms with Gasteiger partial charge in [0.15, 0.2) is 0 Å². The molecule has 0 N–H and O–H groups in total. The van der Waals surface area contributed by atoms with Crippen LogP contribution in [0.15, 0.2) is 163 Å². The second kappa shape index (κ2) is 27.3. The van der Waals surface area contributed by atoms with Crippen LogP contribution in [0.5, 0.6) is 0 Å². The summed E-state index contributed by atoms with van der Waals surface area (Å²) in [5.74, 6) is 1.53. The second-order valence-corrected chi connectivity index (χ2v) is 11.1. The Morgan fingerprint density at radius 1 is 0.375 bits per heavy atom. The van der Waals surface area contributed by atoms with E-state index in [1.54, 1.807) is 0 Å². The van der Waals surface area contributed by atoms with Gasteiger partial charge >= 0.3 is 11.9 Å². The summed E-state index contributed by atoms with van der Waals surface area (Å²) < 4.78 is 7.63. The van der Waals surface area contributed by atoms with Crippen molar-refractivity contribution in [1.29, 1.82) is 0 Å². The van der Waals surface area contributed by atoms with Crippen LogP contribution in [0.1, 0.15) is 66.5 Å². The minimum Gasteiger partial charge on any atom is -0.233 e. The maximum Gasteiger partial charge on any atom is 0.421 e. The van der Waals surface area contributed by atoms with Crippen molar-refractivity contribution in [3.63, 3.8) is 0 Å². The quantitative estimate of drug-likeness (QED) is 0.109. The number of hydrogen-bond acceptors (Lipinski definition) is 8. The average molecular weight is 759 g/mol. The van der Waals surface area contributed by atoms with Gasteiger partial charge in [-0.25, -0.2) is 18.3 Å². The summed E-state index contributed by atoms with van der Waals surface area (Å²) >= 11 is 0. The van der Waals surface area contributed by atoms with Crippen LogP contribution in [0, 0.1) is 13.8 Å². The zero-order valence-electron chi connectivity index (χ0n) is 35.9. The van der Waals surface area contributed by atoms with Crippen LogP contribution in [0.2, 0.25) is 0 Å². The molecule has 0 aliphatic heterocycles. The molecule has 0 fully saturated rings. The van der Waals surface area contributed by atoms with Gasteiger partial charge in [0.1, 0.15) is 17.1 Å². The van der Waals surface area contributed by atoms with Gasteiger partial charge in [-0.3, -0.25) is 0 Å². The molecule has 56 heavy (non-hydrogen) atoms. The van der Waals surface area contributed by atoms with Gasteiger partial charge in [0.25, 0.3) is 0 Å². The summed E-state index contributed by atoms with van der Waals surface area (Å²) in [4.78, 5) is 0. The molecule has 12 nitrogen and oxygen atoms in total. The Morgan fingerprint density at radius 2 is 0.643 bits per heavy atom. The van der Waals surface area contributed by atoms with E-state index < -0.39 is 0 Å². The maximum absolute atomic E-state index is 4.33. The monoisotopic (exact) mass is 759 g/mol. The molecule has 6 aromatic rings. The van der Waals surface area contributed by atoms with Crippen LogP contribution in [-0.4, -0.2) is 9.13 Å². The van der Waals surface area contributed by atoms with Crippen molar-refractivity contribution in [1.82, 2.24) is 9.13 Å². The lowest BCUT2D eigenvalue weighted by molar-refractivity contribution is -0.657. The van der Waals surface area contributed by atoms with Crippen molar-refractivity contribution in [2.24, 2.45) is 69.1 Å². The van der Waals surface area contributed by atoms with Crippen LogP contribution in [0.4, 0.5) is 46.0 Å². The molecule has 0 bridgehead atoms. The molecule has 0 amide bonds. The van der Waals surface area contributed by atoms with Crippen LogP contribution >= 0.6 is 0 Å². The van der Waals surface area contributed by atoms with E-state index in [1.165, 1.54) is 11.1 Å². The number of imidazole rings is 2. The molecule has 0 spiro atoms. The van der Waals surface area contributed by atoms with Gasteiger partial charge < -0.3 is 0 Å². The smallest absolute Gasteiger partial charge is 0.233 e. The van der Waals surface area contributed by atoms with Gasteiger partial charge in [-0.05, 0) is 74.5 Å². The number of aryl methyl sites for hydroxylation is 6. The van der Waals surface area contributed by atoms with Crippen molar-refractivity contribution in [3.05, 3.63) is 133 Å². The van der Waals surface area contributed by atoms with Crippen LogP contribution in [0.25, 0.3) is 0 Å². The third-order valence-corrected chi connectivity index (χ3v) is 7.15. The highest BCUT2D eigenvalue weighted by molar-refractivity contribution is 5.61. The number of aromatic nitrogens is 4. The molecule has 2 aromatic heterocycles. The Kier molecular flexibility index (Phi) is 23.3. The topological polar surface area (TPSA) is 116 Å². The molecule has 296 valence electrons. The molecule has 2 heterocycles. The van der Waals surface area contributed by atoms with E-state index in [0.29, 0.717) is 11.4 Å². The standard InChI is InChI=1S/2C18H19N6.4C2H6/c1-14-4-6-15(7-5-14)19-20-16-8-10-17(11-9-16)21-22-18-23(2)12-13-24(18)3;1-14-8-10-15(11-9-14)19-20-16-6-4-5-7-17(16)21-22-18-23(2)12-13-24(18)3;4*1-2/h2*4-13H,1-3H3;4*1-2H3/q2*+1;;;;. The molecule has 0 atom stereocenters. The number of rotatable bonds is 8. The van der Waals surface area contributed by atoms with Gasteiger partial charge in [-0.1, -0.05) is 113 Å². The molecule has 0 saturated carbocycles. The van der Waals surface area contributed by atoms with E-state index in [-0.39, 0.29) is 0 Å². The van der Waals surface area contributed by atoms with Crippen molar-refractivity contribution in [2.45, 2.75) is 69.2 Å². The molecule has 0 aliphatic carbocycles. The minimum atomic E-state index is 0.676. The van der Waals surface area contributed by atoms with Crippen LogP contribution < -0.4 is 9.13 Å². The van der Waals surface area contributed by atoms with E-state index in [4.69, 9.17) is 0 Å². The van der Waals surface area contributed by atoms with E-state index in [1.807, 2.05) is 238 Å². The SMILES string of the molecule is CC.CC.CC.CC.Cc1ccc(N=Nc2ccc(N=Nc3n(C)cc[n+]3C)cc2)cc1.Cc1ccc(N=Nc2ccccc2N=Nc2n(C)cc[n+]2C)cc1. The fourth-order valence-electron chi connectivity index (χ4n) is 4.32. The summed E-state index contributed by atoms with van der Waals surface area (Å²) in [6.45, 7) is 20.1. The average Bonchev–Trinajstić information content (AvgIpc) is 3.76. The molecular weight excluding hydrogens is 697 g/mol. The summed E-state index contributed by atoms with van der Waals surface area (Å²) in [5.41, 5.74) is 6.94. The molecule has 12 heteroatoms. The summed E-state index contributed by atoms with van der Waals surface area (Å²) in [6, 6.07) is 30.9. The van der Waals surface area contributed by atoms with E-state index in [0.717, 1.165) is 34.6 Å². The van der Waals surface area contributed by atoms with Crippen LogP contribution in [-0.2, 0) is 28.2 Å². The molecule has 4 aromatic carbocycles. The first kappa shape index (κ1) is 47.7. The van der Waals surface area contributed by atoms with Gasteiger partial charge in [0.05, 0.1) is 70.0 Å². The first-order valence-electron chi connectivity index (χ1n) is 19.3. The number of nitrogens with zero attached hydrogens (tertiary/aromatic N) is 12. The third-order valence-electron chi connectivity index (χ3n) is 7.15. The minimum absolute atomic E-state index is 0.676. The molecule has 0 saturated heterocycles. The largest absolute Gasteiger partial charge is 0.421 e. The lowest BCUT2D eigenvalue weighted by Crippen LogP contribution is -2.25. The van der Waals surface area contributed by atoms with Gasteiger partial charge in [0.2, 0.25) is 0 Å². The number of hydrogen-bond donors (Lipinski definition) is 0. The first-order valence-corrected chi connectivity index (χ1v) is 19.3. The Balaban J connectivity index is 0.000000476. The fraction of sp³-hybridized carbons (Fsp3) is 0.318. The van der Waals surface area contributed by atoms with E-state index in [2.05, 4.69) is 40.9 Å². The molecule has 0 radical (unpaired) electrons. The summed E-state index contributed by atoms with van der Waals surface area (Å²) in [7, 11) is 7.72. The Hall–Kier alpha value is -6.30. The van der Waals surface area contributed by atoms with Crippen molar-refractivity contribution < 1.29 is 9.13 Å². The first-order chi connectivity index (χ1) is 27.2. The highest BCUT2D eigenvalue weighted by Gasteiger charge is 2.12. The highest BCUT2D eigenvalue weighted by atomic mass is 15.3. The number of azo groups is 4. The molecular formula is C44H62N12+2. The zero-order chi connectivity index (χ0) is 41.9. The molecule has 6 rings (SSSR count). The second-order valence-electron chi connectivity index (χ2n) is 11.1. The highest BCUT2D eigenvalue weighted by Crippen LogP contribution is 2.30. The lowest BCUT2D eigenvalue weighted by atomic mass is 10.2. The van der Waals surface area contributed by atoms with Crippen molar-refractivity contribution in [3.8, 4) is 0 Å². The Labute approximate surface area is 334 Å². The molecule has 0 unspecified atom stereocenters. The van der Waals surface area contributed by atoms with Crippen molar-refractivity contribution in [2.75, 3.05) is 0 Å². The van der Waals surface area contributed by atoms with E-state index in [9.17, 15) is 0 Å².